The number of piperidine rings is 1. The fraction of sp³-hybridized carbons (Fsp3) is 0.227. The van der Waals surface area contributed by atoms with Gasteiger partial charge in [-0.15, -0.1) is 0 Å². The van der Waals surface area contributed by atoms with Crippen molar-refractivity contribution in [1.29, 1.82) is 0 Å². The van der Waals surface area contributed by atoms with Crippen molar-refractivity contribution in [2.24, 2.45) is 0 Å². The highest BCUT2D eigenvalue weighted by molar-refractivity contribution is 5.94. The molecule has 0 saturated carbocycles. The van der Waals surface area contributed by atoms with Crippen LogP contribution in [0, 0.1) is 0 Å². The third-order valence-electron chi connectivity index (χ3n) is 5.42. The van der Waals surface area contributed by atoms with Crippen molar-refractivity contribution < 1.29 is 4.79 Å². The van der Waals surface area contributed by atoms with Gasteiger partial charge in [0, 0.05) is 66.7 Å². The molecule has 1 saturated heterocycles. The molecule has 29 heavy (non-hydrogen) atoms. The molecule has 0 aromatic carbocycles. The first-order valence-electron chi connectivity index (χ1n) is 9.74. The monoisotopic (exact) mass is 384 g/mol. The summed E-state index contributed by atoms with van der Waals surface area (Å²) in [5, 5.41) is 4.72. The Kier molecular flexibility index (Phi) is 4.48. The molecule has 1 aliphatic heterocycles. The highest BCUT2D eigenvalue weighted by Crippen LogP contribution is 2.27. The van der Waals surface area contributed by atoms with Gasteiger partial charge in [-0.3, -0.25) is 14.8 Å². The molecule has 0 radical (unpaired) electrons. The zero-order valence-electron chi connectivity index (χ0n) is 15.8. The number of carbonyl (C=O) groups excluding carboxylic acids is 1. The van der Waals surface area contributed by atoms with Crippen LogP contribution >= 0.6 is 0 Å². The van der Waals surface area contributed by atoms with Crippen LogP contribution in [0.4, 0.5) is 0 Å². The molecule has 1 amide bonds. The second kappa shape index (κ2) is 7.43. The number of pyridine rings is 3. The average molecular weight is 384 g/mol. The molecule has 5 rings (SSSR count). The van der Waals surface area contributed by atoms with Gasteiger partial charge in [0.25, 0.3) is 5.91 Å². The Morgan fingerprint density at radius 3 is 2.52 bits per heavy atom. The van der Waals surface area contributed by atoms with Gasteiger partial charge in [0.15, 0.2) is 11.5 Å². The van der Waals surface area contributed by atoms with E-state index in [1.165, 1.54) is 0 Å². The van der Waals surface area contributed by atoms with Crippen LogP contribution in [-0.4, -0.2) is 48.5 Å². The summed E-state index contributed by atoms with van der Waals surface area (Å²) in [5.74, 6) is 1.18. The summed E-state index contributed by atoms with van der Waals surface area (Å²) < 4.78 is 1.84. The zero-order valence-corrected chi connectivity index (χ0v) is 15.8. The van der Waals surface area contributed by atoms with E-state index in [-0.39, 0.29) is 11.8 Å². The first-order valence-corrected chi connectivity index (χ1v) is 9.74. The summed E-state index contributed by atoms with van der Waals surface area (Å²) >= 11 is 0. The summed E-state index contributed by atoms with van der Waals surface area (Å²) in [6.07, 6.45) is 10.6. The lowest BCUT2D eigenvalue weighted by molar-refractivity contribution is 0.0711. The van der Waals surface area contributed by atoms with Crippen molar-refractivity contribution in [3.05, 3.63) is 78.8 Å². The molecule has 5 heterocycles. The van der Waals surface area contributed by atoms with Crippen LogP contribution in [0.25, 0.3) is 16.8 Å². The molecule has 0 aliphatic carbocycles. The predicted octanol–water partition coefficient (Wildman–Crippen LogP) is 3.21. The Balaban J connectivity index is 1.31. The molecule has 4 aromatic rings. The van der Waals surface area contributed by atoms with Gasteiger partial charge in [0.1, 0.15) is 0 Å². The van der Waals surface area contributed by atoms with Crippen LogP contribution in [0.1, 0.15) is 34.9 Å². The fourth-order valence-corrected chi connectivity index (χ4v) is 3.80. The molecule has 1 aliphatic rings. The van der Waals surface area contributed by atoms with E-state index in [0.717, 1.165) is 35.4 Å². The third kappa shape index (κ3) is 3.47. The SMILES string of the molecule is O=C(c1ccncc1)N1CCC(c2nc3ccc(-c4cccnc4)cn3n2)CC1. The Morgan fingerprint density at radius 2 is 1.76 bits per heavy atom. The van der Waals surface area contributed by atoms with Gasteiger partial charge in [-0.05, 0) is 43.2 Å². The van der Waals surface area contributed by atoms with Gasteiger partial charge < -0.3 is 4.90 Å². The normalized spacial score (nSPS) is 15.0. The number of amides is 1. The highest BCUT2D eigenvalue weighted by Gasteiger charge is 2.27. The number of fused-ring (bicyclic) bond motifs is 1. The lowest BCUT2D eigenvalue weighted by Gasteiger charge is -2.30. The first-order chi connectivity index (χ1) is 14.3. The van der Waals surface area contributed by atoms with Crippen LogP contribution in [-0.2, 0) is 0 Å². The molecular weight excluding hydrogens is 364 g/mol. The quantitative estimate of drug-likeness (QED) is 0.542. The minimum atomic E-state index is 0.0647. The molecule has 0 atom stereocenters. The summed E-state index contributed by atoms with van der Waals surface area (Å²) in [7, 11) is 0. The zero-order chi connectivity index (χ0) is 19.6. The highest BCUT2D eigenvalue weighted by atomic mass is 16.2. The minimum Gasteiger partial charge on any atom is -0.339 e. The van der Waals surface area contributed by atoms with Crippen LogP contribution < -0.4 is 0 Å². The van der Waals surface area contributed by atoms with E-state index >= 15 is 0 Å². The van der Waals surface area contributed by atoms with Crippen LogP contribution in [0.5, 0.6) is 0 Å². The Labute approximate surface area is 168 Å². The second-order valence-electron chi connectivity index (χ2n) is 7.23. The Bertz CT molecular complexity index is 1130. The molecular formula is C22H20N6O. The summed E-state index contributed by atoms with van der Waals surface area (Å²) in [6, 6.07) is 11.5. The van der Waals surface area contributed by atoms with Crippen LogP contribution in [0.15, 0.2) is 67.4 Å². The number of rotatable bonds is 3. The summed E-state index contributed by atoms with van der Waals surface area (Å²) in [4.78, 5) is 27.4. The molecule has 7 nitrogen and oxygen atoms in total. The predicted molar refractivity (Wildman–Crippen MR) is 108 cm³/mol. The standard InChI is InChI=1S/C22H20N6O/c29-22(17-5-10-23-11-6-17)27-12-7-16(8-13-27)21-25-20-4-3-19(15-28(20)26-21)18-2-1-9-24-14-18/h1-6,9-11,14-16H,7-8,12-13H2. The summed E-state index contributed by atoms with van der Waals surface area (Å²) in [5.41, 5.74) is 3.63. The van der Waals surface area contributed by atoms with Crippen molar-refractivity contribution in [2.75, 3.05) is 13.1 Å². The number of hydrogen-bond donors (Lipinski definition) is 0. The largest absolute Gasteiger partial charge is 0.339 e. The number of likely N-dealkylation sites (tertiary alicyclic amines) is 1. The molecule has 1 fully saturated rings. The van der Waals surface area contributed by atoms with Crippen molar-refractivity contribution in [1.82, 2.24) is 29.5 Å². The smallest absolute Gasteiger partial charge is 0.253 e. The minimum absolute atomic E-state index is 0.0647. The Hall–Kier alpha value is -3.61. The molecule has 0 unspecified atom stereocenters. The van der Waals surface area contributed by atoms with Crippen molar-refractivity contribution in [3.63, 3.8) is 0 Å². The van der Waals surface area contributed by atoms with E-state index in [1.54, 1.807) is 30.7 Å². The van der Waals surface area contributed by atoms with E-state index in [2.05, 4.69) is 9.97 Å². The van der Waals surface area contributed by atoms with Gasteiger partial charge in [-0.1, -0.05) is 6.07 Å². The third-order valence-corrected chi connectivity index (χ3v) is 5.42. The van der Waals surface area contributed by atoms with E-state index in [4.69, 9.17) is 10.1 Å². The molecule has 0 bridgehead atoms. The topological polar surface area (TPSA) is 76.3 Å². The maximum absolute atomic E-state index is 12.6. The van der Waals surface area contributed by atoms with Crippen molar-refractivity contribution >= 4 is 11.6 Å². The number of nitrogens with zero attached hydrogens (tertiary/aromatic N) is 6. The van der Waals surface area contributed by atoms with E-state index < -0.39 is 0 Å². The van der Waals surface area contributed by atoms with Crippen LogP contribution in [0.3, 0.4) is 0 Å². The van der Waals surface area contributed by atoms with Gasteiger partial charge in [-0.2, -0.15) is 5.10 Å². The molecule has 0 N–H and O–H groups in total. The van der Waals surface area contributed by atoms with Crippen molar-refractivity contribution in [2.45, 2.75) is 18.8 Å². The van der Waals surface area contributed by atoms with Crippen LogP contribution in [0.2, 0.25) is 0 Å². The van der Waals surface area contributed by atoms with Gasteiger partial charge >= 0.3 is 0 Å². The maximum Gasteiger partial charge on any atom is 0.253 e. The van der Waals surface area contributed by atoms with Gasteiger partial charge in [0.2, 0.25) is 0 Å². The molecule has 144 valence electrons. The lowest BCUT2D eigenvalue weighted by atomic mass is 9.96. The average Bonchev–Trinajstić information content (AvgIpc) is 3.23. The maximum atomic E-state index is 12.6. The second-order valence-corrected chi connectivity index (χ2v) is 7.23. The first kappa shape index (κ1) is 17.5. The molecule has 4 aromatic heterocycles. The lowest BCUT2D eigenvalue weighted by Crippen LogP contribution is -2.38. The number of aromatic nitrogens is 5. The number of carbonyl (C=O) groups is 1. The van der Waals surface area contributed by atoms with E-state index in [1.807, 2.05) is 46.1 Å². The molecule has 0 spiro atoms. The van der Waals surface area contributed by atoms with E-state index in [9.17, 15) is 4.79 Å². The summed E-state index contributed by atoms with van der Waals surface area (Å²) in [6.45, 7) is 1.42. The molecule has 7 heteroatoms. The van der Waals surface area contributed by atoms with Crippen molar-refractivity contribution in [3.8, 4) is 11.1 Å². The van der Waals surface area contributed by atoms with Gasteiger partial charge in [-0.25, -0.2) is 9.50 Å². The van der Waals surface area contributed by atoms with E-state index in [0.29, 0.717) is 18.7 Å². The fourth-order valence-electron chi connectivity index (χ4n) is 3.80. The van der Waals surface area contributed by atoms with Gasteiger partial charge in [0.05, 0.1) is 0 Å². The Morgan fingerprint density at radius 1 is 0.931 bits per heavy atom. The number of hydrogen-bond acceptors (Lipinski definition) is 5.